The zero-order valence-electron chi connectivity index (χ0n) is 9.14. The average Bonchev–Trinajstić information content (AvgIpc) is 2.76. The van der Waals surface area contributed by atoms with Crippen LogP contribution in [0.1, 0.15) is 16.3 Å². The first kappa shape index (κ1) is 11.1. The van der Waals surface area contributed by atoms with E-state index in [9.17, 15) is 0 Å². The smallest absolute Gasteiger partial charge is 0.140 e. The summed E-state index contributed by atoms with van der Waals surface area (Å²) in [5.74, 6) is 0.909. The third-order valence-corrected chi connectivity index (χ3v) is 3.12. The molecule has 16 heavy (non-hydrogen) atoms. The van der Waals surface area contributed by atoms with Gasteiger partial charge in [0.15, 0.2) is 0 Å². The second kappa shape index (κ2) is 5.09. The summed E-state index contributed by atoms with van der Waals surface area (Å²) in [4.78, 5) is 4.34. The molecule has 0 bridgehead atoms. The molecule has 2 rings (SSSR count). The fourth-order valence-corrected chi connectivity index (χ4v) is 2.08. The Hall–Kier alpha value is -1.39. The van der Waals surface area contributed by atoms with Crippen LogP contribution in [0.4, 0.5) is 0 Å². The van der Waals surface area contributed by atoms with E-state index >= 15 is 0 Å². The molecule has 0 radical (unpaired) electrons. The lowest BCUT2D eigenvalue weighted by molar-refractivity contribution is 0.303. The monoisotopic (exact) mass is 234 g/mol. The molecule has 0 saturated heterocycles. The minimum Gasteiger partial charge on any atom is -0.486 e. The van der Waals surface area contributed by atoms with E-state index in [0.717, 1.165) is 22.0 Å². The van der Waals surface area contributed by atoms with E-state index in [1.54, 1.807) is 11.3 Å². The molecule has 0 fully saturated rings. The van der Waals surface area contributed by atoms with Crippen molar-refractivity contribution in [1.82, 2.24) is 4.98 Å². The lowest BCUT2D eigenvalue weighted by Crippen LogP contribution is -1.99. The molecule has 1 heterocycles. The first-order valence-corrected chi connectivity index (χ1v) is 5.99. The molecule has 0 saturated carbocycles. The van der Waals surface area contributed by atoms with Crippen LogP contribution in [0.3, 0.4) is 0 Å². The largest absolute Gasteiger partial charge is 0.486 e. The number of nitrogens with two attached hydrogens (primary N) is 1. The molecule has 84 valence electrons. The van der Waals surface area contributed by atoms with Crippen LogP contribution in [0.25, 0.3) is 0 Å². The Morgan fingerprint density at radius 1 is 1.38 bits per heavy atom. The van der Waals surface area contributed by atoms with Crippen molar-refractivity contribution in [3.63, 3.8) is 0 Å². The number of aryl methyl sites for hydroxylation is 1. The van der Waals surface area contributed by atoms with Crippen molar-refractivity contribution in [2.45, 2.75) is 20.1 Å². The molecular weight excluding hydrogens is 220 g/mol. The van der Waals surface area contributed by atoms with Crippen molar-refractivity contribution >= 4 is 11.3 Å². The quantitative estimate of drug-likeness (QED) is 0.884. The number of hydrogen-bond donors (Lipinski definition) is 1. The molecule has 0 atom stereocenters. The van der Waals surface area contributed by atoms with Gasteiger partial charge in [0.1, 0.15) is 17.4 Å². The Morgan fingerprint density at radius 2 is 2.19 bits per heavy atom. The topological polar surface area (TPSA) is 48.1 Å². The molecule has 0 spiro atoms. The minimum atomic E-state index is 0.487. The number of aromatic nitrogens is 1. The zero-order chi connectivity index (χ0) is 11.4. The SMILES string of the molecule is Cc1ccccc1OCc1nc(CN)cs1. The normalized spacial score (nSPS) is 10.4. The Balaban J connectivity index is 1.99. The molecule has 1 aromatic heterocycles. The molecule has 0 unspecified atom stereocenters. The summed E-state index contributed by atoms with van der Waals surface area (Å²) in [6, 6.07) is 7.96. The van der Waals surface area contributed by atoms with Gasteiger partial charge in [-0.1, -0.05) is 18.2 Å². The van der Waals surface area contributed by atoms with Gasteiger partial charge in [-0.15, -0.1) is 11.3 Å². The number of benzene rings is 1. The summed E-state index contributed by atoms with van der Waals surface area (Å²) in [7, 11) is 0. The molecule has 4 heteroatoms. The van der Waals surface area contributed by atoms with Crippen LogP contribution in [0.2, 0.25) is 0 Å². The summed E-state index contributed by atoms with van der Waals surface area (Å²) in [6.07, 6.45) is 0. The number of nitrogens with zero attached hydrogens (tertiary/aromatic N) is 1. The van der Waals surface area contributed by atoms with Crippen LogP contribution < -0.4 is 10.5 Å². The van der Waals surface area contributed by atoms with Gasteiger partial charge < -0.3 is 10.5 Å². The van der Waals surface area contributed by atoms with Crippen LogP contribution >= 0.6 is 11.3 Å². The van der Waals surface area contributed by atoms with Crippen LogP contribution in [-0.4, -0.2) is 4.98 Å². The Bertz CT molecular complexity index is 468. The van der Waals surface area contributed by atoms with E-state index < -0.39 is 0 Å². The van der Waals surface area contributed by atoms with Gasteiger partial charge in [0, 0.05) is 11.9 Å². The van der Waals surface area contributed by atoms with Crippen molar-refractivity contribution < 1.29 is 4.74 Å². The van der Waals surface area contributed by atoms with Gasteiger partial charge in [-0.3, -0.25) is 0 Å². The van der Waals surface area contributed by atoms with Crippen LogP contribution in [0, 0.1) is 6.92 Å². The number of para-hydroxylation sites is 1. The van der Waals surface area contributed by atoms with E-state index in [-0.39, 0.29) is 0 Å². The zero-order valence-corrected chi connectivity index (χ0v) is 9.96. The highest BCUT2D eigenvalue weighted by Gasteiger charge is 2.02. The van der Waals surface area contributed by atoms with Crippen molar-refractivity contribution in [2.75, 3.05) is 0 Å². The molecule has 1 aromatic carbocycles. The third kappa shape index (κ3) is 2.59. The van der Waals surface area contributed by atoms with Crippen molar-refractivity contribution in [1.29, 1.82) is 0 Å². The number of ether oxygens (including phenoxy) is 1. The predicted octanol–water partition coefficient (Wildman–Crippen LogP) is 2.49. The second-order valence-corrected chi connectivity index (χ2v) is 4.43. The maximum atomic E-state index is 5.69. The number of rotatable bonds is 4. The first-order valence-electron chi connectivity index (χ1n) is 5.11. The summed E-state index contributed by atoms with van der Waals surface area (Å²) >= 11 is 1.58. The van der Waals surface area contributed by atoms with E-state index in [0.29, 0.717) is 13.2 Å². The molecule has 2 aromatic rings. The summed E-state index contributed by atoms with van der Waals surface area (Å²) in [5.41, 5.74) is 7.56. The molecule has 0 amide bonds. The molecule has 0 aliphatic heterocycles. The Labute approximate surface area is 98.9 Å². The van der Waals surface area contributed by atoms with Crippen LogP contribution in [0.15, 0.2) is 29.6 Å². The van der Waals surface area contributed by atoms with Gasteiger partial charge in [0.05, 0.1) is 5.69 Å². The van der Waals surface area contributed by atoms with E-state index in [2.05, 4.69) is 4.98 Å². The minimum absolute atomic E-state index is 0.487. The van der Waals surface area contributed by atoms with Gasteiger partial charge in [0.25, 0.3) is 0 Å². The highest BCUT2D eigenvalue weighted by Crippen LogP contribution is 2.19. The summed E-state index contributed by atoms with van der Waals surface area (Å²) < 4.78 is 5.69. The lowest BCUT2D eigenvalue weighted by Gasteiger charge is -2.06. The van der Waals surface area contributed by atoms with Crippen molar-refractivity contribution in [3.8, 4) is 5.75 Å². The van der Waals surface area contributed by atoms with Gasteiger partial charge in [-0.05, 0) is 18.6 Å². The maximum absolute atomic E-state index is 5.69. The maximum Gasteiger partial charge on any atom is 0.140 e. The first-order chi connectivity index (χ1) is 7.79. The van der Waals surface area contributed by atoms with Crippen LogP contribution in [-0.2, 0) is 13.2 Å². The van der Waals surface area contributed by atoms with Gasteiger partial charge >= 0.3 is 0 Å². The third-order valence-electron chi connectivity index (χ3n) is 2.25. The fourth-order valence-electron chi connectivity index (χ4n) is 1.37. The lowest BCUT2D eigenvalue weighted by atomic mass is 10.2. The highest BCUT2D eigenvalue weighted by atomic mass is 32.1. The highest BCUT2D eigenvalue weighted by molar-refractivity contribution is 7.09. The number of hydrogen-bond acceptors (Lipinski definition) is 4. The summed E-state index contributed by atoms with van der Waals surface area (Å²) in [5, 5.41) is 2.93. The molecule has 0 aliphatic carbocycles. The van der Waals surface area contributed by atoms with Gasteiger partial charge in [-0.2, -0.15) is 0 Å². The van der Waals surface area contributed by atoms with E-state index in [1.165, 1.54) is 0 Å². The van der Waals surface area contributed by atoms with E-state index in [4.69, 9.17) is 10.5 Å². The summed E-state index contributed by atoms with van der Waals surface area (Å²) in [6.45, 7) is 3.03. The average molecular weight is 234 g/mol. The molecule has 3 nitrogen and oxygen atoms in total. The van der Waals surface area contributed by atoms with Crippen molar-refractivity contribution in [2.24, 2.45) is 5.73 Å². The standard InChI is InChI=1S/C12H14N2OS/c1-9-4-2-3-5-11(9)15-7-12-14-10(6-13)8-16-12/h2-5,8H,6-7,13H2,1H3. The van der Waals surface area contributed by atoms with E-state index in [1.807, 2.05) is 36.6 Å². The number of thiazole rings is 1. The van der Waals surface area contributed by atoms with Crippen molar-refractivity contribution in [3.05, 3.63) is 45.9 Å². The van der Waals surface area contributed by atoms with Gasteiger partial charge in [-0.25, -0.2) is 4.98 Å². The second-order valence-electron chi connectivity index (χ2n) is 3.49. The van der Waals surface area contributed by atoms with Gasteiger partial charge in [0.2, 0.25) is 0 Å². The Morgan fingerprint density at radius 3 is 2.88 bits per heavy atom. The Kier molecular flexibility index (Phi) is 3.54. The molecule has 0 aliphatic rings. The predicted molar refractivity (Wildman–Crippen MR) is 65.5 cm³/mol. The molecule has 2 N–H and O–H groups in total. The van der Waals surface area contributed by atoms with Crippen LogP contribution in [0.5, 0.6) is 5.75 Å². The fraction of sp³-hybridized carbons (Fsp3) is 0.250. The molecular formula is C12H14N2OS.